The fraction of sp³-hybridized carbons (Fsp3) is 0.0714. The molecule has 9 aromatic rings. The van der Waals surface area contributed by atoms with Gasteiger partial charge in [-0.1, -0.05) is 139 Å². The molecule has 0 unspecified atom stereocenters. The Morgan fingerprint density at radius 1 is 0.397 bits per heavy atom. The molecule has 0 aliphatic heterocycles. The van der Waals surface area contributed by atoms with E-state index in [1.54, 1.807) is 0 Å². The first kappa shape index (κ1) is 35.3. The summed E-state index contributed by atoms with van der Waals surface area (Å²) in [6, 6.07) is 69.0. The fourth-order valence-corrected chi connectivity index (χ4v) is 8.52. The minimum Gasteiger partial charge on any atom is -0.311 e. The molecule has 0 bridgehead atoms. The molecule has 1 aromatic heterocycles. The maximum atomic E-state index is 2.39. The minimum atomic E-state index is 1.09. The fourth-order valence-electron chi connectivity index (χ4n) is 8.52. The van der Waals surface area contributed by atoms with Crippen LogP contribution in [0.1, 0.15) is 29.5 Å². The van der Waals surface area contributed by atoms with Gasteiger partial charge in [0.25, 0.3) is 0 Å². The summed E-state index contributed by atoms with van der Waals surface area (Å²) in [5.74, 6) is 0. The lowest BCUT2D eigenvalue weighted by Crippen LogP contribution is -2.10. The van der Waals surface area contributed by atoms with E-state index >= 15 is 0 Å². The van der Waals surface area contributed by atoms with E-state index in [1.165, 1.54) is 77.5 Å². The number of hydrogen-bond acceptors (Lipinski definition) is 1. The smallest absolute Gasteiger partial charge is 0.0541 e. The highest BCUT2D eigenvalue weighted by Crippen LogP contribution is 2.39. The summed E-state index contributed by atoms with van der Waals surface area (Å²) in [4.78, 5) is 2.36. The number of aromatic nitrogens is 1. The number of nitrogens with zero attached hydrogens (tertiary/aromatic N) is 2. The van der Waals surface area contributed by atoms with Crippen molar-refractivity contribution in [2.45, 2.75) is 26.7 Å². The Kier molecular flexibility index (Phi) is 9.16. The van der Waals surface area contributed by atoms with Crippen molar-refractivity contribution in [3.8, 4) is 39.1 Å². The molecule has 0 spiro atoms. The zero-order valence-electron chi connectivity index (χ0n) is 32.9. The van der Waals surface area contributed by atoms with E-state index in [0.29, 0.717) is 0 Å². The van der Waals surface area contributed by atoms with Crippen molar-refractivity contribution in [1.82, 2.24) is 4.57 Å². The van der Waals surface area contributed by atoms with Gasteiger partial charge in [-0.15, -0.1) is 0 Å². The highest BCUT2D eigenvalue weighted by Gasteiger charge is 2.16. The second-order valence-electron chi connectivity index (χ2n) is 15.5. The average Bonchev–Trinajstić information content (AvgIpc) is 3.60. The van der Waals surface area contributed by atoms with E-state index < -0.39 is 0 Å². The number of benzene rings is 8. The van der Waals surface area contributed by atoms with Crippen LogP contribution in [0.4, 0.5) is 17.1 Å². The first-order valence-corrected chi connectivity index (χ1v) is 20.3. The van der Waals surface area contributed by atoms with Crippen LogP contribution in [0, 0.1) is 13.8 Å². The molecule has 10 rings (SSSR count). The van der Waals surface area contributed by atoms with Gasteiger partial charge in [0.1, 0.15) is 0 Å². The number of rotatable bonds is 8. The molecule has 58 heavy (non-hydrogen) atoms. The molecule has 0 N–H and O–H groups in total. The van der Waals surface area contributed by atoms with Crippen LogP contribution in [0.15, 0.2) is 206 Å². The quantitative estimate of drug-likeness (QED) is 0.150. The molecular weight excluding hydrogens is 701 g/mol. The molecule has 2 nitrogen and oxygen atoms in total. The summed E-state index contributed by atoms with van der Waals surface area (Å²) in [5, 5.41) is 2.60. The monoisotopic (exact) mass is 744 g/mol. The third kappa shape index (κ3) is 6.73. The van der Waals surface area contributed by atoms with Gasteiger partial charge in [0.15, 0.2) is 0 Å². The van der Waals surface area contributed by atoms with Crippen molar-refractivity contribution < 1.29 is 0 Å². The largest absolute Gasteiger partial charge is 0.311 e. The molecule has 1 aliphatic rings. The molecule has 0 radical (unpaired) electrons. The SMILES string of the molecule is Cc1ccc2c(c1)c1cc(C)ccc1n2-c1ccc(-c2ccc(N(c3ccc(C4=CCCC=C4)cc3)c3ccc(-c4cccc(-c5ccccc5)c4)cc3)cc2)cc1. The van der Waals surface area contributed by atoms with Crippen molar-refractivity contribution >= 4 is 44.4 Å². The second kappa shape index (κ2) is 15.1. The molecule has 2 heteroatoms. The first-order valence-electron chi connectivity index (χ1n) is 20.3. The standard InChI is InChI=1S/C56H44N2/c1-39-16-34-55-53(36-39)54-37-40(2)17-35-56(54)58(55)52-32-22-45(23-33-52)44-20-28-50(29-21-44)57(49-26-18-43(19-27-49)41-10-5-3-6-11-41)51-30-24-46(25-31-51)48-15-9-14-47(38-48)42-12-7-4-8-13-42/h4-5,7-38H,3,6H2,1-2H3. The Balaban J connectivity index is 0.977. The predicted molar refractivity (Wildman–Crippen MR) is 248 cm³/mol. The van der Waals surface area contributed by atoms with Gasteiger partial charge in [0.2, 0.25) is 0 Å². The van der Waals surface area contributed by atoms with Gasteiger partial charge < -0.3 is 9.47 Å². The summed E-state index contributed by atoms with van der Waals surface area (Å²) in [6.45, 7) is 4.34. The molecule has 0 saturated heterocycles. The van der Waals surface area contributed by atoms with Crippen LogP contribution in [0.25, 0.3) is 66.4 Å². The lowest BCUT2D eigenvalue weighted by atomic mass is 9.98. The highest BCUT2D eigenvalue weighted by molar-refractivity contribution is 6.09. The van der Waals surface area contributed by atoms with E-state index in [-0.39, 0.29) is 0 Å². The highest BCUT2D eigenvalue weighted by atomic mass is 15.1. The molecule has 1 aliphatic carbocycles. The zero-order valence-corrected chi connectivity index (χ0v) is 32.9. The number of allylic oxidation sites excluding steroid dienone is 4. The van der Waals surface area contributed by atoms with Crippen molar-refractivity contribution in [3.05, 3.63) is 223 Å². The van der Waals surface area contributed by atoms with Gasteiger partial charge in [0.05, 0.1) is 11.0 Å². The van der Waals surface area contributed by atoms with E-state index in [1.807, 2.05) is 0 Å². The third-order valence-electron chi connectivity index (χ3n) is 11.5. The summed E-state index contributed by atoms with van der Waals surface area (Å²) in [5.41, 5.74) is 19.3. The topological polar surface area (TPSA) is 8.17 Å². The molecule has 0 saturated carbocycles. The van der Waals surface area contributed by atoms with E-state index in [9.17, 15) is 0 Å². The third-order valence-corrected chi connectivity index (χ3v) is 11.5. The van der Waals surface area contributed by atoms with Crippen LogP contribution >= 0.6 is 0 Å². The van der Waals surface area contributed by atoms with E-state index in [2.05, 4.69) is 230 Å². The summed E-state index contributed by atoms with van der Waals surface area (Å²) < 4.78 is 2.39. The second-order valence-corrected chi connectivity index (χ2v) is 15.5. The normalized spacial score (nSPS) is 12.6. The van der Waals surface area contributed by atoms with Gasteiger partial charge >= 0.3 is 0 Å². The lowest BCUT2D eigenvalue weighted by Gasteiger charge is -2.26. The molecule has 8 aromatic carbocycles. The van der Waals surface area contributed by atoms with Crippen LogP contribution in [-0.2, 0) is 0 Å². The van der Waals surface area contributed by atoms with Gasteiger partial charge in [-0.3, -0.25) is 0 Å². The summed E-state index contributed by atoms with van der Waals surface area (Å²) >= 11 is 0. The maximum absolute atomic E-state index is 2.39. The van der Waals surface area contributed by atoms with Crippen LogP contribution < -0.4 is 4.90 Å². The Hall–Kier alpha value is -7.16. The van der Waals surface area contributed by atoms with Crippen LogP contribution in [0.2, 0.25) is 0 Å². The number of fused-ring (bicyclic) bond motifs is 3. The van der Waals surface area contributed by atoms with Crippen LogP contribution in [0.3, 0.4) is 0 Å². The van der Waals surface area contributed by atoms with Crippen LogP contribution in [-0.4, -0.2) is 4.57 Å². The Labute approximate surface area is 341 Å². The van der Waals surface area contributed by atoms with E-state index in [0.717, 1.165) is 35.6 Å². The first-order chi connectivity index (χ1) is 28.6. The molecular formula is C56H44N2. The molecule has 278 valence electrons. The summed E-state index contributed by atoms with van der Waals surface area (Å²) in [6.07, 6.45) is 9.07. The van der Waals surface area contributed by atoms with Gasteiger partial charge in [-0.25, -0.2) is 0 Å². The Bertz CT molecular complexity index is 2900. The number of hydrogen-bond donors (Lipinski definition) is 0. The summed E-state index contributed by atoms with van der Waals surface area (Å²) in [7, 11) is 0. The Morgan fingerprint density at radius 2 is 0.862 bits per heavy atom. The van der Waals surface area contributed by atoms with Gasteiger partial charge in [-0.2, -0.15) is 0 Å². The zero-order chi connectivity index (χ0) is 39.0. The van der Waals surface area contributed by atoms with Crippen LogP contribution in [0.5, 0.6) is 0 Å². The van der Waals surface area contributed by atoms with Crippen molar-refractivity contribution in [2.75, 3.05) is 4.90 Å². The minimum absolute atomic E-state index is 1.09. The number of aryl methyl sites for hydroxylation is 2. The molecule has 0 atom stereocenters. The molecule has 0 amide bonds. The van der Waals surface area contributed by atoms with E-state index in [4.69, 9.17) is 0 Å². The predicted octanol–water partition coefficient (Wildman–Crippen LogP) is 15.6. The van der Waals surface area contributed by atoms with Crippen molar-refractivity contribution in [2.24, 2.45) is 0 Å². The average molecular weight is 745 g/mol. The maximum Gasteiger partial charge on any atom is 0.0541 e. The molecule has 0 fully saturated rings. The lowest BCUT2D eigenvalue weighted by molar-refractivity contribution is 1.04. The molecule has 1 heterocycles. The Morgan fingerprint density at radius 3 is 1.38 bits per heavy atom. The van der Waals surface area contributed by atoms with Gasteiger partial charge in [-0.05, 0) is 150 Å². The van der Waals surface area contributed by atoms with Crippen molar-refractivity contribution in [3.63, 3.8) is 0 Å². The van der Waals surface area contributed by atoms with Crippen molar-refractivity contribution in [1.29, 1.82) is 0 Å². The van der Waals surface area contributed by atoms with Gasteiger partial charge in [0, 0.05) is 33.5 Å². The number of anilines is 3.